The third kappa shape index (κ3) is 5.65. The number of thiophene rings is 1. The second-order valence-corrected chi connectivity index (χ2v) is 8.09. The number of benzene rings is 1. The van der Waals surface area contributed by atoms with Crippen LogP contribution in [-0.4, -0.2) is 18.9 Å². The number of nitrogens with zero attached hydrogens (tertiary/aromatic N) is 2. The van der Waals surface area contributed by atoms with E-state index in [4.69, 9.17) is 13.7 Å². The zero-order valence-electron chi connectivity index (χ0n) is 15.0. The van der Waals surface area contributed by atoms with Gasteiger partial charge in [-0.1, -0.05) is 50.0 Å². The van der Waals surface area contributed by atoms with Crippen molar-refractivity contribution in [3.63, 3.8) is 0 Å². The van der Waals surface area contributed by atoms with Gasteiger partial charge >= 0.3 is 7.82 Å². The Hall–Kier alpha value is -1.71. The quantitative estimate of drug-likeness (QED) is 0.205. The first-order valence-electron chi connectivity index (χ1n) is 8.66. The lowest BCUT2D eigenvalue weighted by atomic mass is 10.1. The molecule has 0 atom stereocenters. The Labute approximate surface area is 158 Å². The summed E-state index contributed by atoms with van der Waals surface area (Å²) in [4.78, 5) is 0. The first kappa shape index (κ1) is 20.6. The number of nitriles is 1. The second-order valence-electron chi connectivity index (χ2n) is 5.60. The van der Waals surface area contributed by atoms with Gasteiger partial charge in [-0.25, -0.2) is 4.57 Å². The maximum absolute atomic E-state index is 12.7. The molecule has 0 spiro atoms. The van der Waals surface area contributed by atoms with Crippen LogP contribution in [0.3, 0.4) is 0 Å². The molecular formula is C18H23N2O4PS. The topological polar surface area (TPSA) is 80.9 Å². The molecule has 6 nitrogen and oxygen atoms in total. The fraction of sp³-hybridized carbons (Fsp3) is 0.444. The van der Waals surface area contributed by atoms with E-state index < -0.39 is 7.82 Å². The van der Waals surface area contributed by atoms with Gasteiger partial charge in [-0.15, -0.1) is 11.3 Å². The fourth-order valence-electron chi connectivity index (χ4n) is 2.11. The van der Waals surface area contributed by atoms with Gasteiger partial charge in [0.15, 0.2) is 5.71 Å². The molecule has 0 bridgehead atoms. The monoisotopic (exact) mass is 394 g/mol. The van der Waals surface area contributed by atoms with Gasteiger partial charge in [-0.05, 0) is 18.9 Å². The number of oxime groups is 1. The lowest BCUT2D eigenvalue weighted by molar-refractivity contribution is 0.114. The van der Waals surface area contributed by atoms with E-state index in [1.807, 2.05) is 49.6 Å². The van der Waals surface area contributed by atoms with Crippen LogP contribution in [0.4, 0.5) is 0 Å². The van der Waals surface area contributed by atoms with E-state index in [9.17, 15) is 9.83 Å². The molecule has 26 heavy (non-hydrogen) atoms. The minimum absolute atomic E-state index is 0.0425. The highest BCUT2D eigenvalue weighted by Crippen LogP contribution is 2.50. The summed E-state index contributed by atoms with van der Waals surface area (Å²) in [6.07, 6.45) is 3.24. The number of hydrogen-bond donors (Lipinski definition) is 0. The van der Waals surface area contributed by atoms with Crippen molar-refractivity contribution in [3.05, 3.63) is 35.2 Å². The number of phosphoric ester groups is 1. The number of hydrogen-bond acceptors (Lipinski definition) is 7. The van der Waals surface area contributed by atoms with Crippen LogP contribution >= 0.6 is 19.2 Å². The molecule has 1 heterocycles. The van der Waals surface area contributed by atoms with E-state index >= 15 is 0 Å². The van der Waals surface area contributed by atoms with E-state index in [0.29, 0.717) is 5.56 Å². The predicted octanol–water partition coefficient (Wildman–Crippen LogP) is 5.89. The van der Waals surface area contributed by atoms with Crippen LogP contribution in [0.15, 0.2) is 34.8 Å². The molecular weight excluding hydrogens is 371 g/mol. The Morgan fingerprint density at radius 2 is 1.85 bits per heavy atom. The maximum Gasteiger partial charge on any atom is 0.550 e. The molecule has 1 aromatic carbocycles. The largest absolute Gasteiger partial charge is 0.550 e. The molecule has 0 amide bonds. The Bertz CT molecular complexity index is 814. The molecule has 0 N–H and O–H groups in total. The molecule has 0 aliphatic carbocycles. The molecule has 0 aliphatic heterocycles. The van der Waals surface area contributed by atoms with E-state index in [0.717, 1.165) is 35.8 Å². The molecule has 2 rings (SSSR count). The molecule has 1 aromatic heterocycles. The van der Waals surface area contributed by atoms with Crippen molar-refractivity contribution in [2.24, 2.45) is 5.16 Å². The third-order valence-electron chi connectivity index (χ3n) is 3.57. The van der Waals surface area contributed by atoms with E-state index in [2.05, 4.69) is 5.16 Å². The van der Waals surface area contributed by atoms with Crippen molar-refractivity contribution in [2.45, 2.75) is 39.5 Å². The van der Waals surface area contributed by atoms with Gasteiger partial charge in [0.25, 0.3) is 0 Å². The molecule has 8 heteroatoms. The lowest BCUT2D eigenvalue weighted by Crippen LogP contribution is -2.03. The first-order valence-corrected chi connectivity index (χ1v) is 11.0. The Morgan fingerprint density at radius 3 is 2.46 bits per heavy atom. The summed E-state index contributed by atoms with van der Waals surface area (Å²) in [7, 11) is -3.84. The van der Waals surface area contributed by atoms with Gasteiger partial charge < -0.3 is 0 Å². The predicted molar refractivity (Wildman–Crippen MR) is 104 cm³/mol. The van der Waals surface area contributed by atoms with Crippen molar-refractivity contribution in [1.82, 2.24) is 0 Å². The molecule has 0 saturated heterocycles. The Balaban J connectivity index is 2.19. The summed E-state index contributed by atoms with van der Waals surface area (Å²) in [6, 6.07) is 9.69. The Morgan fingerprint density at radius 1 is 1.19 bits per heavy atom. The average molecular weight is 394 g/mol. The van der Waals surface area contributed by atoms with Gasteiger partial charge in [-0.3, -0.25) is 13.7 Å². The normalized spacial score (nSPS) is 12.3. The van der Waals surface area contributed by atoms with E-state index in [1.165, 1.54) is 11.3 Å². The van der Waals surface area contributed by atoms with Crippen molar-refractivity contribution < 1.29 is 18.2 Å². The van der Waals surface area contributed by atoms with Crippen LogP contribution in [0.1, 0.15) is 45.1 Å². The molecule has 0 fully saturated rings. The van der Waals surface area contributed by atoms with Gasteiger partial charge in [0, 0.05) is 21.0 Å². The summed E-state index contributed by atoms with van der Waals surface area (Å²) < 4.78 is 29.5. The first-order chi connectivity index (χ1) is 12.6. The van der Waals surface area contributed by atoms with Crippen LogP contribution in [0.2, 0.25) is 0 Å². The van der Waals surface area contributed by atoms with Gasteiger partial charge in [0.05, 0.1) is 13.2 Å². The van der Waals surface area contributed by atoms with Crippen LogP contribution in [0.25, 0.3) is 10.1 Å². The molecule has 0 aliphatic rings. The zero-order chi connectivity index (χ0) is 18.8. The maximum atomic E-state index is 12.7. The second kappa shape index (κ2) is 10.4. The van der Waals surface area contributed by atoms with Crippen LogP contribution in [0, 0.1) is 11.3 Å². The molecule has 140 valence electrons. The summed E-state index contributed by atoms with van der Waals surface area (Å²) >= 11 is 1.51. The molecule has 2 aromatic rings. The highest BCUT2D eigenvalue weighted by atomic mass is 32.1. The van der Waals surface area contributed by atoms with Crippen LogP contribution in [-0.2, 0) is 18.2 Å². The van der Waals surface area contributed by atoms with Crippen molar-refractivity contribution in [2.75, 3.05) is 13.2 Å². The smallest absolute Gasteiger partial charge is 0.291 e. The third-order valence-corrected chi connectivity index (χ3v) is 5.81. The summed E-state index contributed by atoms with van der Waals surface area (Å²) in [5.41, 5.74) is 0.683. The van der Waals surface area contributed by atoms with Gasteiger partial charge in [0.1, 0.15) is 6.07 Å². The Kier molecular flexibility index (Phi) is 8.27. The van der Waals surface area contributed by atoms with Crippen LogP contribution < -0.4 is 0 Å². The number of fused-ring (bicyclic) bond motifs is 1. The average Bonchev–Trinajstić information content (AvgIpc) is 3.07. The summed E-state index contributed by atoms with van der Waals surface area (Å²) in [5, 5.41) is 16.0. The zero-order valence-corrected chi connectivity index (χ0v) is 16.7. The number of phosphoric acid groups is 1. The highest BCUT2D eigenvalue weighted by molar-refractivity contribution is 7.48. The number of unbranched alkanes of at least 4 members (excludes halogenated alkanes) is 2. The van der Waals surface area contributed by atoms with E-state index in [1.54, 1.807) is 0 Å². The van der Waals surface area contributed by atoms with Gasteiger partial charge in [-0.2, -0.15) is 5.26 Å². The minimum Gasteiger partial charge on any atom is -0.291 e. The van der Waals surface area contributed by atoms with Crippen molar-refractivity contribution in [3.8, 4) is 6.07 Å². The molecule has 0 saturated carbocycles. The lowest BCUT2D eigenvalue weighted by Gasteiger charge is -2.15. The highest BCUT2D eigenvalue weighted by Gasteiger charge is 2.29. The summed E-state index contributed by atoms with van der Waals surface area (Å²) in [6.45, 7) is 4.50. The number of rotatable bonds is 11. The fourth-order valence-corrected chi connectivity index (χ4v) is 4.11. The molecule has 0 unspecified atom stereocenters. The molecule has 0 radical (unpaired) electrons. The minimum atomic E-state index is -3.84. The van der Waals surface area contributed by atoms with E-state index in [-0.39, 0.29) is 18.9 Å². The van der Waals surface area contributed by atoms with Crippen molar-refractivity contribution in [1.29, 1.82) is 5.26 Å². The standard InChI is InChI=1S/C18H23N2O4PS/c1-3-5-11-22-25(21,23-12-6-4-2)24-20-17(13-19)16-14-26-18-10-8-7-9-15(16)18/h7-10,14H,3-6,11-12H2,1-2H3/b20-17+. The van der Waals surface area contributed by atoms with Crippen LogP contribution in [0.5, 0.6) is 0 Å². The SMILES string of the molecule is CCCCOP(=O)(OCCCC)O/N=C(\C#N)c1csc2ccccc12. The van der Waals surface area contributed by atoms with Crippen molar-refractivity contribution >= 4 is 35.0 Å². The van der Waals surface area contributed by atoms with Gasteiger partial charge in [0.2, 0.25) is 0 Å². The summed E-state index contributed by atoms with van der Waals surface area (Å²) in [5.74, 6) is 0.